The SMILES string of the molecule is COc1ccc2cc(-c3cc(C(=O)Nc4ccc5cn[nH]c5c4)c4ccccc4n3)ccc2c1. The lowest BCUT2D eigenvalue weighted by molar-refractivity contribution is 0.102. The predicted octanol–water partition coefficient (Wildman–Crippen LogP) is 6.19. The third-order valence-corrected chi connectivity index (χ3v) is 6.00. The number of benzene rings is 4. The number of nitrogens with zero attached hydrogens (tertiary/aromatic N) is 2. The van der Waals surface area contributed by atoms with Gasteiger partial charge < -0.3 is 10.1 Å². The maximum Gasteiger partial charge on any atom is 0.256 e. The van der Waals surface area contributed by atoms with E-state index in [1.54, 1.807) is 13.3 Å². The van der Waals surface area contributed by atoms with Crippen LogP contribution in [0.4, 0.5) is 5.69 Å². The van der Waals surface area contributed by atoms with Gasteiger partial charge in [0.2, 0.25) is 0 Å². The van der Waals surface area contributed by atoms with Crippen LogP contribution in [0.2, 0.25) is 0 Å². The van der Waals surface area contributed by atoms with Crippen molar-refractivity contribution in [2.24, 2.45) is 0 Å². The Labute approximate surface area is 195 Å². The number of methoxy groups -OCH3 is 1. The first-order chi connectivity index (χ1) is 16.7. The van der Waals surface area contributed by atoms with Crippen molar-refractivity contribution in [3.63, 3.8) is 0 Å². The molecule has 0 aliphatic heterocycles. The summed E-state index contributed by atoms with van der Waals surface area (Å²) in [6.45, 7) is 0. The topological polar surface area (TPSA) is 79.9 Å². The fraction of sp³-hybridized carbons (Fsp3) is 0.0357. The minimum absolute atomic E-state index is 0.191. The Hall–Kier alpha value is -4.71. The lowest BCUT2D eigenvalue weighted by Gasteiger charge is -2.11. The third kappa shape index (κ3) is 3.51. The fourth-order valence-electron chi connectivity index (χ4n) is 4.23. The average molecular weight is 444 g/mol. The molecular weight excluding hydrogens is 424 g/mol. The van der Waals surface area contributed by atoms with E-state index in [1.165, 1.54) is 0 Å². The van der Waals surface area contributed by atoms with Crippen LogP contribution in [-0.2, 0) is 0 Å². The number of pyridine rings is 1. The molecule has 0 atom stereocenters. The zero-order chi connectivity index (χ0) is 23.1. The number of carbonyl (C=O) groups is 1. The average Bonchev–Trinajstić information content (AvgIpc) is 3.35. The molecule has 2 aromatic heterocycles. The van der Waals surface area contributed by atoms with Gasteiger partial charge >= 0.3 is 0 Å². The molecule has 0 unspecified atom stereocenters. The Balaban J connectivity index is 1.43. The van der Waals surface area contributed by atoms with Gasteiger partial charge in [-0.3, -0.25) is 9.89 Å². The number of aromatic nitrogens is 3. The van der Waals surface area contributed by atoms with Crippen LogP contribution in [0.5, 0.6) is 5.75 Å². The minimum Gasteiger partial charge on any atom is -0.497 e. The maximum absolute atomic E-state index is 13.4. The first-order valence-electron chi connectivity index (χ1n) is 10.9. The molecule has 6 nitrogen and oxygen atoms in total. The molecule has 6 heteroatoms. The van der Waals surface area contributed by atoms with Crippen LogP contribution in [0.15, 0.2) is 91.1 Å². The number of H-pyrrole nitrogens is 1. The van der Waals surface area contributed by atoms with Gasteiger partial charge in [0.1, 0.15) is 5.75 Å². The van der Waals surface area contributed by atoms with Crippen LogP contribution in [0.25, 0.3) is 43.8 Å². The molecule has 0 spiro atoms. The molecule has 0 saturated carbocycles. The molecule has 4 aromatic carbocycles. The number of carbonyl (C=O) groups excluding carboxylic acids is 1. The highest BCUT2D eigenvalue weighted by Crippen LogP contribution is 2.29. The summed E-state index contributed by atoms with van der Waals surface area (Å²) < 4.78 is 5.33. The minimum atomic E-state index is -0.191. The first kappa shape index (κ1) is 19.9. The van der Waals surface area contributed by atoms with Gasteiger partial charge in [-0.15, -0.1) is 0 Å². The molecule has 2 heterocycles. The highest BCUT2D eigenvalue weighted by atomic mass is 16.5. The second-order valence-corrected chi connectivity index (χ2v) is 8.13. The van der Waals surface area contributed by atoms with Gasteiger partial charge in [0.25, 0.3) is 5.91 Å². The number of hydrogen-bond acceptors (Lipinski definition) is 4. The van der Waals surface area contributed by atoms with Crippen molar-refractivity contribution in [1.82, 2.24) is 15.2 Å². The molecule has 0 aliphatic carbocycles. The summed E-state index contributed by atoms with van der Waals surface area (Å²) in [6, 6.07) is 27.3. The van der Waals surface area contributed by atoms with Gasteiger partial charge in [-0.2, -0.15) is 5.10 Å². The molecule has 1 amide bonds. The molecule has 164 valence electrons. The van der Waals surface area contributed by atoms with Crippen LogP contribution in [0.3, 0.4) is 0 Å². The standard InChI is InChI=1S/C28H20N4O2/c1-34-22-11-9-17-12-19(7-6-18(17)13-22)26-15-24(23-4-2-3-5-25(23)31-26)28(33)30-21-10-8-20-16-29-32-27(20)14-21/h2-16H,1H3,(H,29,32)(H,30,33). The molecule has 0 fully saturated rings. The van der Waals surface area contributed by atoms with Crippen molar-refractivity contribution in [3.8, 4) is 17.0 Å². The smallest absolute Gasteiger partial charge is 0.256 e. The van der Waals surface area contributed by atoms with E-state index in [0.717, 1.165) is 49.6 Å². The Kier molecular flexibility index (Phi) is 4.70. The number of anilines is 1. The fourth-order valence-corrected chi connectivity index (χ4v) is 4.23. The van der Waals surface area contributed by atoms with Gasteiger partial charge in [0.05, 0.1) is 35.6 Å². The predicted molar refractivity (Wildman–Crippen MR) is 135 cm³/mol. The van der Waals surface area contributed by atoms with Crippen molar-refractivity contribution in [3.05, 3.63) is 96.7 Å². The Morgan fingerprint density at radius 1 is 0.882 bits per heavy atom. The van der Waals surface area contributed by atoms with E-state index in [9.17, 15) is 4.79 Å². The van der Waals surface area contributed by atoms with Crippen LogP contribution >= 0.6 is 0 Å². The summed E-state index contributed by atoms with van der Waals surface area (Å²) in [5.41, 5.74) is 4.58. The quantitative estimate of drug-likeness (QED) is 0.340. The number of ether oxygens (including phenoxy) is 1. The van der Waals surface area contributed by atoms with Crippen LogP contribution in [0, 0.1) is 0 Å². The summed E-state index contributed by atoms with van der Waals surface area (Å²) in [7, 11) is 1.66. The Bertz CT molecular complexity index is 1700. The lowest BCUT2D eigenvalue weighted by atomic mass is 10.0. The van der Waals surface area contributed by atoms with E-state index in [0.29, 0.717) is 11.3 Å². The zero-order valence-electron chi connectivity index (χ0n) is 18.4. The largest absolute Gasteiger partial charge is 0.497 e. The number of nitrogens with one attached hydrogen (secondary N) is 2. The summed E-state index contributed by atoms with van der Waals surface area (Å²) in [4.78, 5) is 18.2. The Morgan fingerprint density at radius 3 is 2.62 bits per heavy atom. The van der Waals surface area contributed by atoms with Gasteiger partial charge in [-0.1, -0.05) is 36.4 Å². The van der Waals surface area contributed by atoms with Gasteiger partial charge in [-0.25, -0.2) is 4.98 Å². The van der Waals surface area contributed by atoms with E-state index >= 15 is 0 Å². The summed E-state index contributed by atoms with van der Waals surface area (Å²) in [6.07, 6.45) is 1.75. The second-order valence-electron chi connectivity index (χ2n) is 8.13. The van der Waals surface area contributed by atoms with E-state index in [1.807, 2.05) is 78.9 Å². The highest BCUT2D eigenvalue weighted by Gasteiger charge is 2.15. The van der Waals surface area contributed by atoms with Crippen molar-refractivity contribution in [2.45, 2.75) is 0 Å². The molecule has 0 saturated heterocycles. The summed E-state index contributed by atoms with van der Waals surface area (Å²) in [5.74, 6) is 0.626. The van der Waals surface area contributed by atoms with Crippen LogP contribution < -0.4 is 10.1 Å². The molecule has 0 radical (unpaired) electrons. The molecule has 2 N–H and O–H groups in total. The van der Waals surface area contributed by atoms with Crippen LogP contribution in [-0.4, -0.2) is 28.2 Å². The van der Waals surface area contributed by atoms with E-state index in [4.69, 9.17) is 9.72 Å². The molecule has 6 rings (SSSR count). The number of para-hydroxylation sites is 1. The molecule has 0 aliphatic rings. The second kappa shape index (κ2) is 8.01. The zero-order valence-corrected chi connectivity index (χ0v) is 18.4. The molecule has 0 bridgehead atoms. The first-order valence-corrected chi connectivity index (χ1v) is 10.9. The third-order valence-electron chi connectivity index (χ3n) is 6.00. The van der Waals surface area contributed by atoms with Gasteiger partial charge in [0.15, 0.2) is 0 Å². The van der Waals surface area contributed by atoms with Crippen molar-refractivity contribution in [2.75, 3.05) is 12.4 Å². The normalized spacial score (nSPS) is 11.2. The number of rotatable bonds is 4. The molecular formula is C28H20N4O2. The highest BCUT2D eigenvalue weighted by molar-refractivity contribution is 6.13. The van der Waals surface area contributed by atoms with Crippen molar-refractivity contribution < 1.29 is 9.53 Å². The van der Waals surface area contributed by atoms with E-state index in [-0.39, 0.29) is 5.91 Å². The van der Waals surface area contributed by atoms with E-state index < -0.39 is 0 Å². The van der Waals surface area contributed by atoms with Gasteiger partial charge in [-0.05, 0) is 59.3 Å². The van der Waals surface area contributed by atoms with Crippen molar-refractivity contribution in [1.29, 1.82) is 0 Å². The van der Waals surface area contributed by atoms with E-state index in [2.05, 4.69) is 21.6 Å². The number of amides is 1. The van der Waals surface area contributed by atoms with Crippen LogP contribution in [0.1, 0.15) is 10.4 Å². The molecule has 6 aromatic rings. The molecule has 34 heavy (non-hydrogen) atoms. The Morgan fingerprint density at radius 2 is 1.71 bits per heavy atom. The monoisotopic (exact) mass is 444 g/mol. The number of hydrogen-bond donors (Lipinski definition) is 2. The summed E-state index contributed by atoms with van der Waals surface area (Å²) >= 11 is 0. The lowest BCUT2D eigenvalue weighted by Crippen LogP contribution is -2.13. The number of aromatic amines is 1. The maximum atomic E-state index is 13.4. The van der Waals surface area contributed by atoms with Gasteiger partial charge in [0, 0.05) is 22.0 Å². The van der Waals surface area contributed by atoms with Crippen molar-refractivity contribution >= 4 is 44.2 Å². The number of fused-ring (bicyclic) bond motifs is 3. The summed E-state index contributed by atoms with van der Waals surface area (Å²) in [5, 5.41) is 14.0.